The second-order valence-electron chi connectivity index (χ2n) is 9.69. The molecule has 6 rings (SSSR count). The Morgan fingerprint density at radius 1 is 0.381 bits per heavy atom. The second-order valence-corrected chi connectivity index (χ2v) is 9.69. The van der Waals surface area contributed by atoms with Crippen LogP contribution in [0.25, 0.3) is 55.9 Å². The van der Waals surface area contributed by atoms with Gasteiger partial charge in [0.2, 0.25) is 0 Å². The van der Waals surface area contributed by atoms with Gasteiger partial charge < -0.3 is 4.74 Å². The van der Waals surface area contributed by atoms with Gasteiger partial charge in [0.05, 0.1) is 18.5 Å². The molecule has 206 valence electrons. The molecule has 0 spiro atoms. The minimum Gasteiger partial charge on any atom is -0.497 e. The number of methoxy groups -OCH3 is 1. The molecule has 5 aromatic carbocycles. The Labute approximate surface area is 240 Å². The second kappa shape index (κ2) is 11.3. The lowest BCUT2D eigenvalue weighted by Gasteiger charge is -2.23. The molecule has 0 aliphatic rings. The van der Waals surface area contributed by atoms with Gasteiger partial charge in [0.15, 0.2) is 0 Å². The molecule has 0 aliphatic heterocycles. The minimum atomic E-state index is -0.404. The normalized spacial score (nSPS) is 11.0. The van der Waals surface area contributed by atoms with Gasteiger partial charge in [-0.15, -0.1) is 0 Å². The van der Waals surface area contributed by atoms with Gasteiger partial charge >= 0.3 is 0 Å². The number of ether oxygens (including phenoxy) is 1. The van der Waals surface area contributed by atoms with Crippen LogP contribution < -0.4 is 4.74 Å². The lowest BCUT2D eigenvalue weighted by atomic mass is 9.83. The van der Waals surface area contributed by atoms with Crippen molar-refractivity contribution < 1.29 is 22.3 Å². The van der Waals surface area contributed by atoms with E-state index in [1.165, 1.54) is 48.5 Å². The summed E-state index contributed by atoms with van der Waals surface area (Å²) in [4.78, 5) is 5.13. The third-order valence-corrected chi connectivity index (χ3v) is 7.08. The quantitative estimate of drug-likeness (QED) is 0.189. The Morgan fingerprint density at radius 3 is 1.00 bits per heavy atom. The molecule has 0 fully saturated rings. The third kappa shape index (κ3) is 5.27. The molecule has 1 aromatic heterocycles. The van der Waals surface area contributed by atoms with Crippen molar-refractivity contribution >= 4 is 0 Å². The van der Waals surface area contributed by atoms with E-state index in [4.69, 9.17) is 9.72 Å². The Bertz CT molecular complexity index is 1740. The summed E-state index contributed by atoms with van der Waals surface area (Å²) in [6.45, 7) is 0. The lowest BCUT2D eigenvalue weighted by Crippen LogP contribution is -2.02. The molecule has 0 radical (unpaired) electrons. The zero-order chi connectivity index (χ0) is 29.2. The highest BCUT2D eigenvalue weighted by Crippen LogP contribution is 2.48. The van der Waals surface area contributed by atoms with Gasteiger partial charge in [-0.1, -0.05) is 36.4 Å². The zero-order valence-corrected chi connectivity index (χ0v) is 22.4. The number of aromatic nitrogens is 1. The largest absolute Gasteiger partial charge is 0.497 e. The molecule has 1 heterocycles. The fraction of sp³-hybridized carbons (Fsp3) is 0.0278. The first-order chi connectivity index (χ1) is 20.4. The van der Waals surface area contributed by atoms with Gasteiger partial charge in [-0.2, -0.15) is 0 Å². The summed E-state index contributed by atoms with van der Waals surface area (Å²) in [7, 11) is 1.58. The van der Waals surface area contributed by atoms with Gasteiger partial charge in [-0.3, -0.25) is 0 Å². The third-order valence-electron chi connectivity index (χ3n) is 7.08. The van der Waals surface area contributed by atoms with Crippen LogP contribution in [0, 0.1) is 23.3 Å². The van der Waals surface area contributed by atoms with Gasteiger partial charge in [0.1, 0.15) is 29.0 Å². The number of benzene rings is 5. The van der Waals surface area contributed by atoms with E-state index in [1.54, 1.807) is 55.6 Å². The van der Waals surface area contributed by atoms with Gasteiger partial charge in [-0.05, 0) is 102 Å². The topological polar surface area (TPSA) is 22.1 Å². The Kier molecular flexibility index (Phi) is 7.28. The summed E-state index contributed by atoms with van der Waals surface area (Å²) in [5.74, 6) is -0.958. The van der Waals surface area contributed by atoms with E-state index in [9.17, 15) is 17.6 Å². The molecular weight excluding hydrogens is 538 g/mol. The Balaban J connectivity index is 1.82. The van der Waals surface area contributed by atoms with E-state index in [1.807, 2.05) is 24.3 Å². The van der Waals surface area contributed by atoms with Crippen LogP contribution in [0.3, 0.4) is 0 Å². The summed E-state index contributed by atoms with van der Waals surface area (Å²) >= 11 is 0. The maximum Gasteiger partial charge on any atom is 0.123 e. The smallest absolute Gasteiger partial charge is 0.123 e. The molecule has 6 heteroatoms. The van der Waals surface area contributed by atoms with Gasteiger partial charge in [0.25, 0.3) is 0 Å². The number of nitrogens with zero attached hydrogens (tertiary/aromatic N) is 1. The number of rotatable bonds is 6. The molecule has 0 amide bonds. The zero-order valence-electron chi connectivity index (χ0n) is 22.4. The average molecular weight is 562 g/mol. The van der Waals surface area contributed by atoms with E-state index in [0.717, 1.165) is 11.1 Å². The van der Waals surface area contributed by atoms with Crippen molar-refractivity contribution in [2.24, 2.45) is 0 Å². The monoisotopic (exact) mass is 561 g/mol. The van der Waals surface area contributed by atoms with Crippen LogP contribution in [-0.4, -0.2) is 12.1 Å². The van der Waals surface area contributed by atoms with E-state index in [0.29, 0.717) is 50.5 Å². The van der Waals surface area contributed by atoms with Crippen molar-refractivity contribution in [3.05, 3.63) is 145 Å². The minimum absolute atomic E-state index is 0.400. The molecule has 0 unspecified atom stereocenters. The van der Waals surface area contributed by atoms with E-state index in [2.05, 4.69) is 0 Å². The Morgan fingerprint density at radius 2 is 0.667 bits per heavy atom. The molecule has 0 saturated carbocycles. The predicted molar refractivity (Wildman–Crippen MR) is 158 cm³/mol. The lowest BCUT2D eigenvalue weighted by molar-refractivity contribution is 0.415. The van der Waals surface area contributed by atoms with Crippen molar-refractivity contribution in [3.8, 4) is 61.6 Å². The van der Waals surface area contributed by atoms with Crippen LogP contribution in [0.1, 0.15) is 0 Å². The maximum atomic E-state index is 14.1. The van der Waals surface area contributed by atoms with Crippen LogP contribution >= 0.6 is 0 Å². The van der Waals surface area contributed by atoms with Crippen LogP contribution in [0.2, 0.25) is 0 Å². The maximum absolute atomic E-state index is 14.1. The molecule has 0 saturated heterocycles. The molecule has 6 aromatic rings. The van der Waals surface area contributed by atoms with E-state index in [-0.39, 0.29) is 0 Å². The van der Waals surface area contributed by atoms with E-state index >= 15 is 0 Å². The van der Waals surface area contributed by atoms with Gasteiger partial charge in [0, 0.05) is 27.8 Å². The summed E-state index contributed by atoms with van der Waals surface area (Å²) in [5.41, 5.74) is 6.45. The molecule has 0 aliphatic carbocycles. The molecular formula is C36H23F4NO. The van der Waals surface area contributed by atoms with Crippen LogP contribution in [0.15, 0.2) is 121 Å². The van der Waals surface area contributed by atoms with Crippen LogP contribution in [0.5, 0.6) is 5.75 Å². The number of halogens is 4. The number of hydrogen-bond acceptors (Lipinski definition) is 2. The van der Waals surface area contributed by atoms with Gasteiger partial charge in [-0.25, -0.2) is 22.5 Å². The SMILES string of the molecule is COc1ccc(-c2c(-c3ccc(F)cc3)c(-c3ccc(F)cc3)nc(-c3ccc(F)cc3)c2-c2ccc(F)cc2)cc1. The Hall–Kier alpha value is -5.23. The van der Waals surface area contributed by atoms with Crippen molar-refractivity contribution in [2.45, 2.75) is 0 Å². The molecule has 0 atom stereocenters. The number of pyridine rings is 1. The molecule has 42 heavy (non-hydrogen) atoms. The highest BCUT2D eigenvalue weighted by Gasteiger charge is 2.25. The standard InChI is InChI=1S/C36H23F4NO/c1-42-31-20-10-22(11-21-31)32-33(23-2-12-27(37)13-3-23)35(25-6-16-29(39)17-7-25)41-36(26-8-18-30(40)19-9-26)34(32)24-4-14-28(38)15-5-24/h2-21H,1H3. The highest BCUT2D eigenvalue weighted by molar-refractivity contribution is 6.04. The predicted octanol–water partition coefficient (Wildman–Crippen LogP) is 9.98. The summed E-state index contributed by atoms with van der Waals surface area (Å²) in [6.07, 6.45) is 0. The van der Waals surface area contributed by atoms with Crippen molar-refractivity contribution in [2.75, 3.05) is 7.11 Å². The van der Waals surface area contributed by atoms with Crippen molar-refractivity contribution in [3.63, 3.8) is 0 Å². The number of hydrogen-bond donors (Lipinski definition) is 0. The average Bonchev–Trinajstić information content (AvgIpc) is 3.02. The summed E-state index contributed by atoms with van der Waals surface area (Å²) in [5, 5.41) is 0. The van der Waals surface area contributed by atoms with E-state index < -0.39 is 23.3 Å². The fourth-order valence-electron chi connectivity index (χ4n) is 5.06. The summed E-state index contributed by atoms with van der Waals surface area (Å²) in [6, 6.07) is 31.5. The molecule has 0 bridgehead atoms. The fourth-order valence-corrected chi connectivity index (χ4v) is 5.06. The van der Waals surface area contributed by atoms with Crippen LogP contribution in [-0.2, 0) is 0 Å². The summed E-state index contributed by atoms with van der Waals surface area (Å²) < 4.78 is 61.8. The first-order valence-corrected chi connectivity index (χ1v) is 13.2. The highest BCUT2D eigenvalue weighted by atomic mass is 19.1. The van der Waals surface area contributed by atoms with Crippen LogP contribution in [0.4, 0.5) is 17.6 Å². The van der Waals surface area contributed by atoms with Crippen molar-refractivity contribution in [1.29, 1.82) is 0 Å². The molecule has 0 N–H and O–H groups in total. The first-order valence-electron chi connectivity index (χ1n) is 13.2. The first kappa shape index (κ1) is 27.0. The van der Waals surface area contributed by atoms with Crippen molar-refractivity contribution in [1.82, 2.24) is 4.98 Å². The molecule has 2 nitrogen and oxygen atoms in total.